The summed E-state index contributed by atoms with van der Waals surface area (Å²) in [6, 6.07) is 6.34. The number of fused-ring (bicyclic) bond motifs is 1. The number of rotatable bonds is 3. The van der Waals surface area contributed by atoms with Crippen LogP contribution in [0.25, 0.3) is 11.0 Å². The molecule has 0 saturated heterocycles. The summed E-state index contributed by atoms with van der Waals surface area (Å²) in [7, 11) is 2.12. The lowest BCUT2D eigenvalue weighted by Gasteiger charge is -2.24. The minimum absolute atomic E-state index is 0.588. The third kappa shape index (κ3) is 1.84. The van der Waals surface area contributed by atoms with Crippen molar-refractivity contribution in [1.82, 2.24) is 9.55 Å². The van der Waals surface area contributed by atoms with Crippen LogP contribution in [0.2, 0.25) is 0 Å². The van der Waals surface area contributed by atoms with Crippen molar-refractivity contribution in [2.75, 3.05) is 0 Å². The average molecular weight is 229 g/mol. The van der Waals surface area contributed by atoms with E-state index in [2.05, 4.69) is 29.8 Å². The van der Waals surface area contributed by atoms with Gasteiger partial charge in [0.05, 0.1) is 11.0 Å². The van der Waals surface area contributed by atoms with E-state index in [0.29, 0.717) is 6.54 Å². The molecule has 0 aliphatic heterocycles. The van der Waals surface area contributed by atoms with E-state index in [9.17, 15) is 0 Å². The van der Waals surface area contributed by atoms with Gasteiger partial charge >= 0.3 is 0 Å². The van der Waals surface area contributed by atoms with Crippen LogP contribution in [-0.2, 0) is 20.0 Å². The van der Waals surface area contributed by atoms with Gasteiger partial charge in [-0.15, -0.1) is 0 Å². The van der Waals surface area contributed by atoms with Crippen molar-refractivity contribution < 1.29 is 0 Å². The lowest BCUT2D eigenvalue weighted by atomic mass is 9.83. The zero-order chi connectivity index (χ0) is 11.8. The molecule has 3 rings (SSSR count). The molecule has 1 aliphatic rings. The van der Waals surface area contributed by atoms with E-state index in [1.807, 2.05) is 0 Å². The highest BCUT2D eigenvalue weighted by molar-refractivity contribution is 5.76. The molecule has 0 radical (unpaired) electrons. The lowest BCUT2D eigenvalue weighted by molar-refractivity contribution is 0.307. The Bertz CT molecular complexity index is 538. The van der Waals surface area contributed by atoms with Gasteiger partial charge in [-0.05, 0) is 23.6 Å². The van der Waals surface area contributed by atoms with Crippen molar-refractivity contribution >= 4 is 11.0 Å². The van der Waals surface area contributed by atoms with Crippen molar-refractivity contribution in [3.8, 4) is 0 Å². The first kappa shape index (κ1) is 10.8. The second-order valence-corrected chi connectivity index (χ2v) is 5.12. The maximum absolute atomic E-state index is 5.66. The largest absolute Gasteiger partial charge is 0.331 e. The van der Waals surface area contributed by atoms with E-state index in [4.69, 9.17) is 10.7 Å². The Morgan fingerprint density at radius 1 is 1.41 bits per heavy atom. The van der Waals surface area contributed by atoms with Gasteiger partial charge in [0.2, 0.25) is 0 Å². The van der Waals surface area contributed by atoms with Gasteiger partial charge in [-0.2, -0.15) is 0 Å². The van der Waals surface area contributed by atoms with Gasteiger partial charge in [-0.3, -0.25) is 0 Å². The molecular weight excluding hydrogens is 210 g/mol. The van der Waals surface area contributed by atoms with Gasteiger partial charge in [0.15, 0.2) is 0 Å². The zero-order valence-electron chi connectivity index (χ0n) is 10.3. The predicted octanol–water partition coefficient (Wildman–Crippen LogP) is 2.37. The van der Waals surface area contributed by atoms with Gasteiger partial charge in [0.1, 0.15) is 5.82 Å². The fourth-order valence-electron chi connectivity index (χ4n) is 2.56. The molecule has 17 heavy (non-hydrogen) atoms. The molecule has 2 N–H and O–H groups in total. The molecule has 2 aromatic rings. The molecule has 3 heteroatoms. The standard InChI is InChI=1S/C14H19N3/c1-17-13-6-5-11(9-15)7-12(13)16-14(17)8-10-3-2-4-10/h5-7,10H,2-4,8-9,15H2,1H3. The smallest absolute Gasteiger partial charge is 0.109 e. The number of aromatic nitrogens is 2. The van der Waals surface area contributed by atoms with Crippen LogP contribution in [0.15, 0.2) is 18.2 Å². The highest BCUT2D eigenvalue weighted by Gasteiger charge is 2.20. The average Bonchev–Trinajstić information content (AvgIpc) is 2.60. The lowest BCUT2D eigenvalue weighted by Crippen LogP contribution is -2.16. The SMILES string of the molecule is Cn1c(CC2CCC2)nc2cc(CN)ccc21. The van der Waals surface area contributed by atoms with Crippen LogP contribution in [0.5, 0.6) is 0 Å². The van der Waals surface area contributed by atoms with E-state index in [1.54, 1.807) is 0 Å². The Morgan fingerprint density at radius 2 is 2.24 bits per heavy atom. The molecule has 1 heterocycles. The molecule has 1 fully saturated rings. The minimum Gasteiger partial charge on any atom is -0.331 e. The second-order valence-electron chi connectivity index (χ2n) is 5.12. The third-order valence-electron chi connectivity index (χ3n) is 3.97. The van der Waals surface area contributed by atoms with E-state index < -0.39 is 0 Å². The molecule has 0 bridgehead atoms. The van der Waals surface area contributed by atoms with E-state index in [1.165, 1.54) is 30.6 Å². The number of hydrogen-bond donors (Lipinski definition) is 1. The van der Waals surface area contributed by atoms with Crippen LogP contribution < -0.4 is 5.73 Å². The van der Waals surface area contributed by atoms with Gasteiger partial charge in [-0.25, -0.2) is 4.98 Å². The van der Waals surface area contributed by atoms with E-state index >= 15 is 0 Å². The first-order valence-corrected chi connectivity index (χ1v) is 6.42. The molecular formula is C14H19N3. The summed E-state index contributed by atoms with van der Waals surface area (Å²) in [6.07, 6.45) is 5.27. The van der Waals surface area contributed by atoms with Gasteiger partial charge < -0.3 is 10.3 Å². The quantitative estimate of drug-likeness (QED) is 0.878. The zero-order valence-corrected chi connectivity index (χ0v) is 10.3. The van der Waals surface area contributed by atoms with E-state index in [-0.39, 0.29) is 0 Å². The first-order chi connectivity index (χ1) is 8.28. The number of aryl methyl sites for hydroxylation is 1. The van der Waals surface area contributed by atoms with Crippen LogP contribution in [0.1, 0.15) is 30.7 Å². The molecule has 1 aliphatic carbocycles. The summed E-state index contributed by atoms with van der Waals surface area (Å²) in [4.78, 5) is 4.75. The van der Waals surface area contributed by atoms with Crippen LogP contribution >= 0.6 is 0 Å². The summed E-state index contributed by atoms with van der Waals surface area (Å²) < 4.78 is 2.23. The van der Waals surface area contributed by atoms with Crippen molar-refractivity contribution in [3.63, 3.8) is 0 Å². The molecule has 90 valence electrons. The Hall–Kier alpha value is -1.35. The molecule has 1 saturated carbocycles. The Balaban J connectivity index is 1.98. The highest BCUT2D eigenvalue weighted by Crippen LogP contribution is 2.30. The van der Waals surface area contributed by atoms with Gasteiger partial charge in [0, 0.05) is 20.0 Å². The second kappa shape index (κ2) is 4.15. The highest BCUT2D eigenvalue weighted by atomic mass is 15.1. The van der Waals surface area contributed by atoms with Crippen molar-refractivity contribution in [2.45, 2.75) is 32.2 Å². The summed E-state index contributed by atoms with van der Waals surface area (Å²) in [5.74, 6) is 2.08. The number of benzene rings is 1. The maximum atomic E-state index is 5.66. The number of nitrogens with zero attached hydrogens (tertiary/aromatic N) is 2. The van der Waals surface area contributed by atoms with Crippen molar-refractivity contribution in [2.24, 2.45) is 18.7 Å². The van der Waals surface area contributed by atoms with Crippen molar-refractivity contribution in [1.29, 1.82) is 0 Å². The third-order valence-corrected chi connectivity index (χ3v) is 3.97. The fourth-order valence-corrected chi connectivity index (χ4v) is 2.56. The minimum atomic E-state index is 0.588. The van der Waals surface area contributed by atoms with Crippen LogP contribution in [0.3, 0.4) is 0 Å². The van der Waals surface area contributed by atoms with Crippen molar-refractivity contribution in [3.05, 3.63) is 29.6 Å². The maximum Gasteiger partial charge on any atom is 0.109 e. The molecule has 0 spiro atoms. The number of imidazole rings is 1. The van der Waals surface area contributed by atoms with Crippen LogP contribution in [-0.4, -0.2) is 9.55 Å². The van der Waals surface area contributed by atoms with Crippen LogP contribution in [0, 0.1) is 5.92 Å². The molecule has 0 unspecified atom stereocenters. The monoisotopic (exact) mass is 229 g/mol. The Morgan fingerprint density at radius 3 is 2.88 bits per heavy atom. The summed E-state index contributed by atoms with van der Waals surface area (Å²) in [6.45, 7) is 0.588. The Labute approximate surface area is 102 Å². The normalized spacial score (nSPS) is 16.4. The van der Waals surface area contributed by atoms with E-state index in [0.717, 1.165) is 23.4 Å². The van der Waals surface area contributed by atoms with Gasteiger partial charge in [-0.1, -0.05) is 25.3 Å². The topological polar surface area (TPSA) is 43.8 Å². The van der Waals surface area contributed by atoms with Gasteiger partial charge in [0.25, 0.3) is 0 Å². The summed E-state index contributed by atoms with van der Waals surface area (Å²) >= 11 is 0. The molecule has 3 nitrogen and oxygen atoms in total. The molecule has 1 aromatic heterocycles. The fraction of sp³-hybridized carbons (Fsp3) is 0.500. The summed E-state index contributed by atoms with van der Waals surface area (Å²) in [5, 5.41) is 0. The molecule has 1 aromatic carbocycles. The van der Waals surface area contributed by atoms with Crippen LogP contribution in [0.4, 0.5) is 0 Å². The molecule has 0 amide bonds. The Kier molecular flexibility index (Phi) is 2.63. The summed E-state index contributed by atoms with van der Waals surface area (Å²) in [5.41, 5.74) is 9.13. The first-order valence-electron chi connectivity index (χ1n) is 6.42. The predicted molar refractivity (Wildman–Crippen MR) is 69.7 cm³/mol. The molecule has 0 atom stereocenters. The number of hydrogen-bond acceptors (Lipinski definition) is 2. The number of nitrogens with two attached hydrogens (primary N) is 1.